The molecule has 0 amide bonds. The van der Waals surface area contributed by atoms with Crippen LogP contribution in [0.5, 0.6) is 0 Å². The van der Waals surface area contributed by atoms with E-state index in [0.29, 0.717) is 6.42 Å². The van der Waals surface area contributed by atoms with Gasteiger partial charge in [-0.15, -0.1) is 0 Å². The molecule has 0 rings (SSSR count). The molecule has 0 saturated heterocycles. The molecule has 0 aliphatic carbocycles. The third kappa shape index (κ3) is 17.8. The van der Waals surface area contributed by atoms with Crippen LogP contribution in [0.1, 0.15) is 122 Å². The first kappa shape index (κ1) is 24.9. The molecule has 154 valence electrons. The Morgan fingerprint density at radius 1 is 0.615 bits per heavy atom. The van der Waals surface area contributed by atoms with Crippen LogP contribution in [0.2, 0.25) is 0 Å². The highest BCUT2D eigenvalue weighted by Crippen LogP contribution is 2.17. The molecule has 0 unspecified atom stereocenters. The van der Waals surface area contributed by atoms with Crippen molar-refractivity contribution in [2.45, 2.75) is 122 Å². The molecular formula is C22H42O4. The summed E-state index contributed by atoms with van der Waals surface area (Å²) < 4.78 is 0. The molecular weight excluding hydrogens is 328 g/mol. The molecule has 0 radical (unpaired) electrons. The zero-order valence-electron chi connectivity index (χ0n) is 17.0. The molecule has 0 aliphatic rings. The fraction of sp³-hybridized carbons (Fsp3) is 0.909. The number of hydrogen-bond donors (Lipinski definition) is 2. The van der Waals surface area contributed by atoms with Gasteiger partial charge in [0.1, 0.15) is 0 Å². The van der Waals surface area contributed by atoms with Crippen LogP contribution in [0.25, 0.3) is 0 Å². The van der Waals surface area contributed by atoms with E-state index < -0.39 is 17.9 Å². The van der Waals surface area contributed by atoms with Gasteiger partial charge < -0.3 is 10.2 Å². The summed E-state index contributed by atoms with van der Waals surface area (Å²) in [6, 6.07) is 0. The quantitative estimate of drug-likeness (QED) is 0.231. The van der Waals surface area contributed by atoms with Crippen molar-refractivity contribution in [1.29, 1.82) is 0 Å². The zero-order valence-corrected chi connectivity index (χ0v) is 17.0. The lowest BCUT2D eigenvalue weighted by molar-refractivity contribution is -0.148. The van der Waals surface area contributed by atoms with E-state index in [-0.39, 0.29) is 6.42 Å². The van der Waals surface area contributed by atoms with Crippen LogP contribution in [-0.4, -0.2) is 22.2 Å². The first-order chi connectivity index (χ1) is 12.6. The Hall–Kier alpha value is -1.06. The molecule has 1 atom stereocenters. The van der Waals surface area contributed by atoms with E-state index >= 15 is 0 Å². The minimum Gasteiger partial charge on any atom is -0.481 e. The van der Waals surface area contributed by atoms with Crippen molar-refractivity contribution in [2.75, 3.05) is 0 Å². The van der Waals surface area contributed by atoms with Crippen LogP contribution < -0.4 is 0 Å². The summed E-state index contributed by atoms with van der Waals surface area (Å²) in [5.41, 5.74) is 0. The molecule has 2 N–H and O–H groups in total. The molecule has 0 aliphatic heterocycles. The molecule has 4 nitrogen and oxygen atoms in total. The number of rotatable bonds is 20. The van der Waals surface area contributed by atoms with Gasteiger partial charge in [0, 0.05) is 0 Å². The minimum atomic E-state index is -1.02. The Balaban J connectivity index is 3.26. The molecule has 0 aromatic rings. The summed E-state index contributed by atoms with van der Waals surface area (Å²) in [6.07, 6.45) is 20.9. The lowest BCUT2D eigenvalue weighted by Crippen LogP contribution is -2.17. The van der Waals surface area contributed by atoms with Gasteiger partial charge in [0.25, 0.3) is 0 Å². The Kier molecular flexibility index (Phi) is 18.0. The van der Waals surface area contributed by atoms with Crippen LogP contribution in [0, 0.1) is 5.92 Å². The van der Waals surface area contributed by atoms with E-state index in [9.17, 15) is 9.59 Å². The van der Waals surface area contributed by atoms with Crippen LogP contribution >= 0.6 is 0 Å². The molecule has 26 heavy (non-hydrogen) atoms. The number of hydrogen-bond acceptors (Lipinski definition) is 2. The Labute approximate surface area is 160 Å². The largest absolute Gasteiger partial charge is 0.481 e. The fourth-order valence-electron chi connectivity index (χ4n) is 3.46. The van der Waals surface area contributed by atoms with Gasteiger partial charge in [-0.05, 0) is 6.42 Å². The Morgan fingerprint density at radius 2 is 0.962 bits per heavy atom. The number of carboxylic acids is 2. The van der Waals surface area contributed by atoms with Crippen molar-refractivity contribution in [3.05, 3.63) is 0 Å². The molecule has 0 saturated carbocycles. The fourth-order valence-corrected chi connectivity index (χ4v) is 3.46. The van der Waals surface area contributed by atoms with Crippen molar-refractivity contribution in [2.24, 2.45) is 5.92 Å². The van der Waals surface area contributed by atoms with Crippen molar-refractivity contribution >= 4 is 11.9 Å². The van der Waals surface area contributed by atoms with E-state index in [0.717, 1.165) is 19.3 Å². The van der Waals surface area contributed by atoms with E-state index in [1.807, 2.05) is 0 Å². The predicted octanol–water partition coefficient (Wildman–Crippen LogP) is 6.81. The van der Waals surface area contributed by atoms with Crippen LogP contribution in [-0.2, 0) is 9.59 Å². The average molecular weight is 371 g/mol. The second-order valence-corrected chi connectivity index (χ2v) is 7.72. The maximum Gasteiger partial charge on any atom is 0.307 e. The molecule has 0 aromatic heterocycles. The second-order valence-electron chi connectivity index (χ2n) is 7.72. The third-order valence-corrected chi connectivity index (χ3v) is 5.18. The van der Waals surface area contributed by atoms with Crippen molar-refractivity contribution < 1.29 is 19.8 Å². The van der Waals surface area contributed by atoms with E-state index in [2.05, 4.69) is 6.92 Å². The van der Waals surface area contributed by atoms with Gasteiger partial charge in [0.05, 0.1) is 12.3 Å². The first-order valence-corrected chi connectivity index (χ1v) is 11.0. The SMILES string of the molecule is CCCCCCCCCCCCCCCCCC[C@@H](CC(=O)O)C(=O)O. The number of unbranched alkanes of at least 4 members (excludes halogenated alkanes) is 15. The van der Waals surface area contributed by atoms with Crippen LogP contribution in [0.4, 0.5) is 0 Å². The van der Waals surface area contributed by atoms with Crippen molar-refractivity contribution in [3.8, 4) is 0 Å². The first-order valence-electron chi connectivity index (χ1n) is 11.0. The van der Waals surface area contributed by atoms with Crippen LogP contribution in [0.15, 0.2) is 0 Å². The summed E-state index contributed by atoms with van der Waals surface area (Å²) in [4.78, 5) is 21.6. The molecule has 4 heteroatoms. The highest BCUT2D eigenvalue weighted by molar-refractivity contribution is 5.77. The number of carbonyl (C=O) groups is 2. The van der Waals surface area contributed by atoms with E-state index in [1.165, 1.54) is 83.5 Å². The summed E-state index contributed by atoms with van der Waals surface area (Å²) >= 11 is 0. The topological polar surface area (TPSA) is 74.6 Å². The monoisotopic (exact) mass is 370 g/mol. The van der Waals surface area contributed by atoms with E-state index in [4.69, 9.17) is 10.2 Å². The third-order valence-electron chi connectivity index (χ3n) is 5.18. The van der Waals surface area contributed by atoms with Crippen molar-refractivity contribution in [1.82, 2.24) is 0 Å². The van der Waals surface area contributed by atoms with Gasteiger partial charge in [0.2, 0.25) is 0 Å². The Bertz CT molecular complexity index is 341. The smallest absolute Gasteiger partial charge is 0.307 e. The predicted molar refractivity (Wildman–Crippen MR) is 108 cm³/mol. The lowest BCUT2D eigenvalue weighted by Gasteiger charge is -2.09. The molecule has 0 spiro atoms. The maximum absolute atomic E-state index is 11.0. The van der Waals surface area contributed by atoms with Gasteiger partial charge in [-0.3, -0.25) is 9.59 Å². The molecule has 0 heterocycles. The van der Waals surface area contributed by atoms with Gasteiger partial charge >= 0.3 is 11.9 Å². The standard InChI is InChI=1S/C22H42O4/c1-2-3-4-5-6-7-8-9-10-11-12-13-14-15-16-17-18-20(22(25)26)19-21(23)24/h20H,2-19H2,1H3,(H,23,24)(H,25,26)/t20-/m0/s1. The second kappa shape index (κ2) is 18.7. The summed E-state index contributed by atoms with van der Waals surface area (Å²) in [5, 5.41) is 17.7. The number of aliphatic carboxylic acids is 2. The van der Waals surface area contributed by atoms with Gasteiger partial charge in [-0.1, -0.05) is 110 Å². The number of carboxylic acid groups (broad SMARTS) is 2. The molecule has 0 aromatic carbocycles. The minimum absolute atomic E-state index is 0.256. The van der Waals surface area contributed by atoms with E-state index in [1.54, 1.807) is 0 Å². The van der Waals surface area contributed by atoms with Crippen LogP contribution in [0.3, 0.4) is 0 Å². The van der Waals surface area contributed by atoms with Gasteiger partial charge in [0.15, 0.2) is 0 Å². The zero-order chi connectivity index (χ0) is 19.5. The normalized spacial score (nSPS) is 12.2. The molecule has 0 fully saturated rings. The highest BCUT2D eigenvalue weighted by atomic mass is 16.4. The maximum atomic E-state index is 11.0. The average Bonchev–Trinajstić information content (AvgIpc) is 2.59. The lowest BCUT2D eigenvalue weighted by atomic mass is 9.97. The highest BCUT2D eigenvalue weighted by Gasteiger charge is 2.20. The Morgan fingerprint density at radius 3 is 1.27 bits per heavy atom. The van der Waals surface area contributed by atoms with Gasteiger partial charge in [-0.2, -0.15) is 0 Å². The summed E-state index contributed by atoms with van der Waals surface area (Å²) in [6.45, 7) is 2.26. The van der Waals surface area contributed by atoms with Gasteiger partial charge in [-0.25, -0.2) is 0 Å². The summed E-state index contributed by atoms with van der Waals surface area (Å²) in [5.74, 6) is -2.72. The van der Waals surface area contributed by atoms with Crippen molar-refractivity contribution in [3.63, 3.8) is 0 Å². The summed E-state index contributed by atoms with van der Waals surface area (Å²) in [7, 11) is 0. The molecule has 0 bridgehead atoms.